The largest absolute Gasteiger partial charge is 0.480 e. The Balaban J connectivity index is 2.21. The summed E-state index contributed by atoms with van der Waals surface area (Å²) in [6, 6.07) is 0. The van der Waals surface area contributed by atoms with Gasteiger partial charge in [-0.05, 0) is 12.8 Å². The first-order valence-corrected chi connectivity index (χ1v) is 6.60. The van der Waals surface area contributed by atoms with Crippen LogP contribution >= 0.6 is 0 Å². The molecule has 3 unspecified atom stereocenters. The quantitative estimate of drug-likeness (QED) is 0.756. The molecule has 1 heterocycles. The number of likely N-dealkylation sites (N-methyl/N-ethyl adjacent to an activating group) is 1. The van der Waals surface area contributed by atoms with Gasteiger partial charge in [0.2, 0.25) is 5.91 Å². The summed E-state index contributed by atoms with van der Waals surface area (Å²) in [6.07, 6.45) is 1.75. The Hall–Kier alpha value is -1.14. The van der Waals surface area contributed by atoms with E-state index in [4.69, 9.17) is 15.6 Å². The predicted octanol–water partition coefficient (Wildman–Crippen LogP) is 0.0619. The van der Waals surface area contributed by atoms with E-state index in [1.807, 2.05) is 13.8 Å². The first-order chi connectivity index (χ1) is 8.73. The van der Waals surface area contributed by atoms with E-state index < -0.39 is 16.9 Å². The Morgan fingerprint density at radius 2 is 2.11 bits per heavy atom. The van der Waals surface area contributed by atoms with E-state index in [1.54, 1.807) is 0 Å². The smallest absolute Gasteiger partial charge is 0.323 e. The van der Waals surface area contributed by atoms with Gasteiger partial charge < -0.3 is 20.5 Å². The molecule has 1 saturated heterocycles. The van der Waals surface area contributed by atoms with Gasteiger partial charge in [-0.15, -0.1) is 0 Å². The molecule has 0 spiro atoms. The molecular formula is C13H22N2O4. The van der Waals surface area contributed by atoms with Crippen molar-refractivity contribution in [3.63, 3.8) is 0 Å². The molecule has 3 N–H and O–H groups in total. The van der Waals surface area contributed by atoms with Gasteiger partial charge in [0.05, 0.1) is 6.10 Å². The van der Waals surface area contributed by atoms with Crippen molar-refractivity contribution in [1.82, 2.24) is 4.90 Å². The minimum absolute atomic E-state index is 0.00609. The lowest BCUT2D eigenvalue weighted by Gasteiger charge is -2.65. The summed E-state index contributed by atoms with van der Waals surface area (Å²) in [7, 11) is 1.48. The first kappa shape index (κ1) is 14.3. The molecule has 1 aliphatic heterocycles. The van der Waals surface area contributed by atoms with Gasteiger partial charge in [-0.3, -0.25) is 9.59 Å². The Morgan fingerprint density at radius 3 is 2.68 bits per heavy atom. The Labute approximate surface area is 112 Å². The van der Waals surface area contributed by atoms with Crippen molar-refractivity contribution in [2.24, 2.45) is 17.1 Å². The van der Waals surface area contributed by atoms with Crippen LogP contribution in [0.25, 0.3) is 0 Å². The number of nitrogens with zero attached hydrogens (tertiary/aromatic N) is 1. The zero-order valence-electron chi connectivity index (χ0n) is 11.7. The van der Waals surface area contributed by atoms with Crippen LogP contribution in [-0.4, -0.2) is 53.7 Å². The van der Waals surface area contributed by atoms with E-state index in [-0.39, 0.29) is 24.5 Å². The monoisotopic (exact) mass is 270 g/mol. The topological polar surface area (TPSA) is 92.9 Å². The maximum absolute atomic E-state index is 12.5. The van der Waals surface area contributed by atoms with Crippen molar-refractivity contribution in [1.29, 1.82) is 0 Å². The molecule has 6 heteroatoms. The number of aliphatic carboxylic acids is 1. The first-order valence-electron chi connectivity index (χ1n) is 6.60. The number of hydrogen-bond acceptors (Lipinski definition) is 4. The molecule has 19 heavy (non-hydrogen) atoms. The third-order valence-corrected chi connectivity index (χ3v) is 4.76. The van der Waals surface area contributed by atoms with Crippen LogP contribution in [0.3, 0.4) is 0 Å². The number of carbonyl (C=O) groups excluding carboxylic acids is 1. The molecule has 2 aliphatic rings. The molecule has 0 aromatic rings. The van der Waals surface area contributed by atoms with Gasteiger partial charge >= 0.3 is 5.97 Å². The van der Waals surface area contributed by atoms with Crippen molar-refractivity contribution in [3.05, 3.63) is 0 Å². The second-order valence-electron chi connectivity index (χ2n) is 6.19. The predicted molar refractivity (Wildman–Crippen MR) is 68.4 cm³/mol. The maximum Gasteiger partial charge on any atom is 0.323 e. The molecule has 6 nitrogen and oxygen atoms in total. The van der Waals surface area contributed by atoms with Gasteiger partial charge in [-0.2, -0.15) is 0 Å². The van der Waals surface area contributed by atoms with Crippen LogP contribution < -0.4 is 5.73 Å². The number of nitrogens with two attached hydrogens (primary N) is 1. The number of ether oxygens (including phenoxy) is 1. The van der Waals surface area contributed by atoms with Crippen molar-refractivity contribution in [2.45, 2.75) is 38.3 Å². The molecule has 108 valence electrons. The number of hydrogen-bond donors (Lipinski definition) is 2. The Bertz CT molecular complexity index is 409. The molecular weight excluding hydrogens is 248 g/mol. The second-order valence-corrected chi connectivity index (χ2v) is 6.19. The fourth-order valence-corrected chi connectivity index (χ4v) is 3.60. The highest BCUT2D eigenvalue weighted by atomic mass is 16.5. The van der Waals surface area contributed by atoms with Crippen LogP contribution in [0.2, 0.25) is 0 Å². The normalized spacial score (nSPS) is 36.0. The van der Waals surface area contributed by atoms with E-state index in [0.717, 1.165) is 12.8 Å². The molecule has 1 aliphatic carbocycles. The second kappa shape index (κ2) is 4.45. The molecule has 0 radical (unpaired) electrons. The molecule has 2 fully saturated rings. The summed E-state index contributed by atoms with van der Waals surface area (Å²) in [5, 5.41) is 8.79. The summed E-state index contributed by atoms with van der Waals surface area (Å²) >= 11 is 0. The zero-order chi connectivity index (χ0) is 14.4. The van der Waals surface area contributed by atoms with Gasteiger partial charge in [0, 0.05) is 25.0 Å². The molecule has 2 rings (SSSR count). The van der Waals surface area contributed by atoms with Crippen LogP contribution in [0.1, 0.15) is 26.7 Å². The van der Waals surface area contributed by atoms with E-state index in [0.29, 0.717) is 6.61 Å². The fourth-order valence-electron chi connectivity index (χ4n) is 3.60. The lowest BCUT2D eigenvalue weighted by Crippen LogP contribution is -2.82. The highest BCUT2D eigenvalue weighted by molar-refractivity contribution is 5.91. The SMILES string of the molecule is CN(CC(=O)O)C(=O)C1(N)C2CCCOC2C1(C)C. The van der Waals surface area contributed by atoms with Gasteiger partial charge in [-0.1, -0.05) is 13.8 Å². The van der Waals surface area contributed by atoms with Gasteiger partial charge in [0.15, 0.2) is 0 Å². The Kier molecular flexibility index (Phi) is 3.35. The van der Waals surface area contributed by atoms with E-state index in [9.17, 15) is 9.59 Å². The third kappa shape index (κ3) is 1.85. The summed E-state index contributed by atoms with van der Waals surface area (Å²) in [5.74, 6) is -1.35. The van der Waals surface area contributed by atoms with Crippen LogP contribution in [0, 0.1) is 11.3 Å². The van der Waals surface area contributed by atoms with Crippen LogP contribution in [0.4, 0.5) is 0 Å². The lowest BCUT2D eigenvalue weighted by atomic mass is 9.46. The van der Waals surface area contributed by atoms with Gasteiger partial charge in [-0.25, -0.2) is 0 Å². The molecule has 0 aromatic heterocycles. The maximum atomic E-state index is 12.5. The summed E-state index contributed by atoms with van der Waals surface area (Å²) in [5.41, 5.74) is 4.90. The average Bonchev–Trinajstić information content (AvgIpc) is 2.36. The summed E-state index contributed by atoms with van der Waals surface area (Å²) in [4.78, 5) is 24.5. The minimum atomic E-state index is -1.03. The van der Waals surface area contributed by atoms with E-state index >= 15 is 0 Å². The zero-order valence-corrected chi connectivity index (χ0v) is 11.7. The Morgan fingerprint density at radius 1 is 1.47 bits per heavy atom. The van der Waals surface area contributed by atoms with Gasteiger partial charge in [0.25, 0.3) is 0 Å². The van der Waals surface area contributed by atoms with E-state index in [2.05, 4.69) is 0 Å². The number of rotatable bonds is 3. The number of carbonyl (C=O) groups is 2. The lowest BCUT2D eigenvalue weighted by molar-refractivity contribution is -0.229. The number of fused-ring (bicyclic) bond motifs is 1. The molecule has 3 atom stereocenters. The standard InChI is InChI=1S/C13H22N2O4/c1-12(2)10-8(5-4-6-19-10)13(12,14)11(18)15(3)7-9(16)17/h8,10H,4-7,14H2,1-3H3,(H,16,17). The fraction of sp³-hybridized carbons (Fsp3) is 0.846. The average molecular weight is 270 g/mol. The van der Waals surface area contributed by atoms with Crippen molar-refractivity contribution < 1.29 is 19.4 Å². The molecule has 1 saturated carbocycles. The van der Waals surface area contributed by atoms with Crippen LogP contribution in [-0.2, 0) is 14.3 Å². The molecule has 0 bridgehead atoms. The van der Waals surface area contributed by atoms with Gasteiger partial charge in [0.1, 0.15) is 12.1 Å². The number of carboxylic acid groups (broad SMARTS) is 1. The molecule has 0 aromatic carbocycles. The van der Waals surface area contributed by atoms with Crippen LogP contribution in [0.5, 0.6) is 0 Å². The van der Waals surface area contributed by atoms with Crippen molar-refractivity contribution in [2.75, 3.05) is 20.2 Å². The van der Waals surface area contributed by atoms with Crippen LogP contribution in [0.15, 0.2) is 0 Å². The molecule has 1 amide bonds. The highest BCUT2D eigenvalue weighted by Crippen LogP contribution is 2.57. The summed E-state index contributed by atoms with van der Waals surface area (Å²) in [6.45, 7) is 4.23. The minimum Gasteiger partial charge on any atom is -0.480 e. The third-order valence-electron chi connectivity index (χ3n) is 4.76. The van der Waals surface area contributed by atoms with Crippen molar-refractivity contribution in [3.8, 4) is 0 Å². The number of amides is 1. The van der Waals surface area contributed by atoms with E-state index in [1.165, 1.54) is 11.9 Å². The number of carboxylic acids is 1. The van der Waals surface area contributed by atoms with Crippen molar-refractivity contribution >= 4 is 11.9 Å². The summed E-state index contributed by atoms with van der Waals surface area (Å²) < 4.78 is 5.73. The highest BCUT2D eigenvalue weighted by Gasteiger charge is 2.70.